The van der Waals surface area contributed by atoms with E-state index in [-0.39, 0.29) is 0 Å². The molecule has 1 unspecified atom stereocenters. The van der Waals surface area contributed by atoms with Crippen molar-refractivity contribution < 1.29 is 0 Å². The molecule has 1 heterocycles. The van der Waals surface area contributed by atoms with Gasteiger partial charge < -0.3 is 10.2 Å². The first-order chi connectivity index (χ1) is 6.77. The molecule has 4 heteroatoms. The van der Waals surface area contributed by atoms with Crippen LogP contribution in [0.25, 0.3) is 0 Å². The van der Waals surface area contributed by atoms with Gasteiger partial charge in [0.2, 0.25) is 0 Å². The minimum Gasteiger partial charge on any atom is -0.363 e. The zero-order valence-corrected chi connectivity index (χ0v) is 10.7. The van der Waals surface area contributed by atoms with Crippen molar-refractivity contribution in [3.05, 3.63) is 0 Å². The lowest BCUT2D eigenvalue weighted by molar-refractivity contribution is 0.417. The second-order valence-corrected chi connectivity index (χ2v) is 5.37. The number of thiocarbonyl (C=S) groups is 1. The summed E-state index contributed by atoms with van der Waals surface area (Å²) >= 11 is 7.42. The molecule has 82 valence electrons. The second kappa shape index (κ2) is 6.51. The maximum Gasteiger partial charge on any atom is 0.168 e. The number of thioether (sulfide) groups is 1. The van der Waals surface area contributed by atoms with Gasteiger partial charge in [-0.15, -0.1) is 0 Å². The van der Waals surface area contributed by atoms with Crippen molar-refractivity contribution >= 4 is 29.1 Å². The molecular weight excluding hydrogens is 212 g/mol. The van der Waals surface area contributed by atoms with Crippen LogP contribution in [0.2, 0.25) is 0 Å². The predicted octanol–water partition coefficient (Wildman–Crippen LogP) is 2.10. The third kappa shape index (κ3) is 3.65. The summed E-state index contributed by atoms with van der Waals surface area (Å²) in [6.45, 7) is 7.65. The number of nitrogens with one attached hydrogen (secondary N) is 1. The average Bonchev–Trinajstić information content (AvgIpc) is 2.26. The molecule has 1 atom stereocenters. The Morgan fingerprint density at radius 2 is 2.36 bits per heavy atom. The second-order valence-electron chi connectivity index (χ2n) is 3.58. The molecule has 0 aliphatic carbocycles. The molecular formula is C10H20N2S2. The molecule has 1 N–H and O–H groups in total. The molecule has 2 nitrogen and oxygen atoms in total. The summed E-state index contributed by atoms with van der Waals surface area (Å²) in [5.74, 6) is 1.21. The van der Waals surface area contributed by atoms with Gasteiger partial charge >= 0.3 is 0 Å². The Morgan fingerprint density at radius 3 is 3.00 bits per heavy atom. The number of hydrogen-bond acceptors (Lipinski definition) is 2. The Bertz CT molecular complexity index is 185. The quantitative estimate of drug-likeness (QED) is 0.749. The van der Waals surface area contributed by atoms with Crippen molar-refractivity contribution in [1.29, 1.82) is 0 Å². The first-order valence-electron chi connectivity index (χ1n) is 5.42. The summed E-state index contributed by atoms with van der Waals surface area (Å²) in [4.78, 5) is 2.32. The van der Waals surface area contributed by atoms with Crippen LogP contribution in [0.15, 0.2) is 0 Å². The van der Waals surface area contributed by atoms with E-state index in [1.165, 1.54) is 12.2 Å². The molecule has 0 saturated carbocycles. The molecule has 0 aromatic rings. The van der Waals surface area contributed by atoms with Crippen LogP contribution in [0.1, 0.15) is 26.7 Å². The third-order valence-electron chi connectivity index (χ3n) is 2.41. The van der Waals surface area contributed by atoms with E-state index in [9.17, 15) is 0 Å². The summed E-state index contributed by atoms with van der Waals surface area (Å²) < 4.78 is 0. The SMILES string of the molecule is CCCNC(=S)N1CCSC(CC)C1. The maximum atomic E-state index is 5.35. The predicted molar refractivity (Wildman–Crippen MR) is 69.0 cm³/mol. The standard InChI is InChI=1S/C10H20N2S2/c1-3-5-11-10(13)12-6-7-14-9(4-2)8-12/h9H,3-8H2,1-2H3,(H,11,13). The van der Waals surface area contributed by atoms with Crippen molar-refractivity contribution in [2.45, 2.75) is 31.9 Å². The fourth-order valence-electron chi connectivity index (χ4n) is 1.49. The van der Waals surface area contributed by atoms with Gasteiger partial charge in [-0.25, -0.2) is 0 Å². The van der Waals surface area contributed by atoms with Crippen LogP contribution in [0.4, 0.5) is 0 Å². The molecule has 0 amide bonds. The summed E-state index contributed by atoms with van der Waals surface area (Å²) in [5, 5.41) is 5.01. The summed E-state index contributed by atoms with van der Waals surface area (Å²) in [7, 11) is 0. The van der Waals surface area contributed by atoms with E-state index in [2.05, 4.69) is 35.8 Å². The fourth-order valence-corrected chi connectivity index (χ4v) is 2.94. The molecule has 1 saturated heterocycles. The highest BCUT2D eigenvalue weighted by atomic mass is 32.2. The average molecular weight is 232 g/mol. The lowest BCUT2D eigenvalue weighted by Crippen LogP contribution is -2.46. The zero-order chi connectivity index (χ0) is 10.4. The largest absolute Gasteiger partial charge is 0.363 e. The minimum atomic E-state index is 0.769. The Kier molecular flexibility index (Phi) is 5.63. The van der Waals surface area contributed by atoms with Gasteiger partial charge in [-0.2, -0.15) is 11.8 Å². The molecule has 0 spiro atoms. The van der Waals surface area contributed by atoms with Crippen molar-refractivity contribution in [3.63, 3.8) is 0 Å². The van der Waals surface area contributed by atoms with Gasteiger partial charge in [0.25, 0.3) is 0 Å². The number of rotatable bonds is 3. The van der Waals surface area contributed by atoms with E-state index in [0.29, 0.717) is 0 Å². The number of hydrogen-bond donors (Lipinski definition) is 1. The van der Waals surface area contributed by atoms with E-state index < -0.39 is 0 Å². The molecule has 0 bridgehead atoms. The van der Waals surface area contributed by atoms with Gasteiger partial charge in [0, 0.05) is 30.6 Å². The van der Waals surface area contributed by atoms with Crippen molar-refractivity contribution in [2.75, 3.05) is 25.4 Å². The van der Waals surface area contributed by atoms with E-state index >= 15 is 0 Å². The van der Waals surface area contributed by atoms with Crippen molar-refractivity contribution in [3.8, 4) is 0 Å². The Balaban J connectivity index is 2.31. The maximum absolute atomic E-state index is 5.35. The lowest BCUT2D eigenvalue weighted by Gasteiger charge is -2.33. The molecule has 1 fully saturated rings. The Morgan fingerprint density at radius 1 is 1.57 bits per heavy atom. The van der Waals surface area contributed by atoms with E-state index in [1.54, 1.807) is 0 Å². The van der Waals surface area contributed by atoms with E-state index in [0.717, 1.165) is 36.4 Å². The van der Waals surface area contributed by atoms with Crippen molar-refractivity contribution in [2.24, 2.45) is 0 Å². The van der Waals surface area contributed by atoms with Crippen LogP contribution in [-0.4, -0.2) is 40.6 Å². The van der Waals surface area contributed by atoms with Crippen LogP contribution in [0.5, 0.6) is 0 Å². The van der Waals surface area contributed by atoms with Gasteiger partial charge in [0.15, 0.2) is 5.11 Å². The minimum absolute atomic E-state index is 0.769. The zero-order valence-electron chi connectivity index (χ0n) is 9.08. The highest BCUT2D eigenvalue weighted by Crippen LogP contribution is 2.20. The highest BCUT2D eigenvalue weighted by molar-refractivity contribution is 8.00. The fraction of sp³-hybridized carbons (Fsp3) is 0.900. The molecule has 0 radical (unpaired) electrons. The van der Waals surface area contributed by atoms with Gasteiger partial charge in [-0.3, -0.25) is 0 Å². The number of nitrogens with zero attached hydrogens (tertiary/aromatic N) is 1. The normalized spacial score (nSPS) is 22.1. The Labute approximate surface area is 96.8 Å². The highest BCUT2D eigenvalue weighted by Gasteiger charge is 2.20. The van der Waals surface area contributed by atoms with Crippen molar-refractivity contribution in [1.82, 2.24) is 10.2 Å². The lowest BCUT2D eigenvalue weighted by atomic mass is 10.3. The monoisotopic (exact) mass is 232 g/mol. The Hall–Kier alpha value is 0.0400. The molecule has 1 rings (SSSR count). The van der Waals surface area contributed by atoms with Crippen LogP contribution >= 0.6 is 24.0 Å². The first kappa shape index (κ1) is 12.1. The molecule has 1 aliphatic heterocycles. The third-order valence-corrected chi connectivity index (χ3v) is 4.18. The van der Waals surface area contributed by atoms with Crippen LogP contribution in [0, 0.1) is 0 Å². The van der Waals surface area contributed by atoms with E-state index in [1.807, 2.05) is 0 Å². The summed E-state index contributed by atoms with van der Waals surface area (Å²) in [6.07, 6.45) is 2.39. The van der Waals surface area contributed by atoms with Crippen LogP contribution in [-0.2, 0) is 0 Å². The molecule has 1 aliphatic rings. The van der Waals surface area contributed by atoms with Gasteiger partial charge in [0.1, 0.15) is 0 Å². The summed E-state index contributed by atoms with van der Waals surface area (Å²) in [6, 6.07) is 0. The van der Waals surface area contributed by atoms with E-state index in [4.69, 9.17) is 12.2 Å². The summed E-state index contributed by atoms with van der Waals surface area (Å²) in [5.41, 5.74) is 0. The van der Waals surface area contributed by atoms with Gasteiger partial charge in [-0.05, 0) is 25.1 Å². The van der Waals surface area contributed by atoms with Gasteiger partial charge in [-0.1, -0.05) is 13.8 Å². The smallest absolute Gasteiger partial charge is 0.168 e. The molecule has 14 heavy (non-hydrogen) atoms. The molecule has 0 aromatic heterocycles. The van der Waals surface area contributed by atoms with Crippen LogP contribution in [0.3, 0.4) is 0 Å². The molecule has 0 aromatic carbocycles. The topological polar surface area (TPSA) is 15.3 Å². The van der Waals surface area contributed by atoms with Gasteiger partial charge in [0.05, 0.1) is 0 Å². The van der Waals surface area contributed by atoms with Crippen LogP contribution < -0.4 is 5.32 Å². The first-order valence-corrected chi connectivity index (χ1v) is 6.88.